The summed E-state index contributed by atoms with van der Waals surface area (Å²) >= 11 is 1.39. The van der Waals surface area contributed by atoms with E-state index in [1.807, 2.05) is 18.2 Å². The number of nitrogens with zero attached hydrogens (tertiary/aromatic N) is 4. The predicted molar refractivity (Wildman–Crippen MR) is 130 cm³/mol. The molecule has 0 saturated carbocycles. The fourth-order valence-corrected chi connectivity index (χ4v) is 4.79. The van der Waals surface area contributed by atoms with Crippen LogP contribution in [0.5, 0.6) is 0 Å². The molecule has 176 valence electrons. The van der Waals surface area contributed by atoms with Crippen molar-refractivity contribution in [2.75, 3.05) is 51.3 Å². The number of likely N-dealkylation sites (tertiary alicyclic amines) is 1. The summed E-state index contributed by atoms with van der Waals surface area (Å²) in [7, 11) is 1.69. The fraction of sp³-hybridized carbons (Fsp3) is 0.625. The quantitative estimate of drug-likeness (QED) is 0.463. The van der Waals surface area contributed by atoms with Crippen molar-refractivity contribution in [3.05, 3.63) is 41.7 Å². The van der Waals surface area contributed by atoms with E-state index < -0.39 is 0 Å². The van der Waals surface area contributed by atoms with Crippen molar-refractivity contribution in [2.24, 2.45) is 0 Å². The van der Waals surface area contributed by atoms with Gasteiger partial charge in [0.15, 0.2) is 0 Å². The molecule has 1 aliphatic rings. The van der Waals surface area contributed by atoms with Crippen LogP contribution in [0.25, 0.3) is 0 Å². The Bertz CT molecular complexity index is 801. The second-order valence-electron chi connectivity index (χ2n) is 8.47. The first kappa shape index (κ1) is 24.6. The van der Waals surface area contributed by atoms with Crippen LogP contribution in [0.15, 0.2) is 30.3 Å². The van der Waals surface area contributed by atoms with Crippen LogP contribution in [0.2, 0.25) is 0 Å². The number of hydrogen-bond donors (Lipinski definition) is 1. The lowest BCUT2D eigenvalue weighted by Gasteiger charge is -2.33. The second kappa shape index (κ2) is 13.5. The highest BCUT2D eigenvalue weighted by molar-refractivity contribution is 7.09. The first-order chi connectivity index (χ1) is 15.7. The fourth-order valence-electron chi connectivity index (χ4n) is 4.05. The summed E-state index contributed by atoms with van der Waals surface area (Å²) in [5.41, 5.74) is 1.19. The Morgan fingerprint density at radius 1 is 1.28 bits per heavy atom. The van der Waals surface area contributed by atoms with Crippen molar-refractivity contribution < 1.29 is 9.53 Å². The molecule has 32 heavy (non-hydrogen) atoms. The van der Waals surface area contributed by atoms with E-state index in [1.165, 1.54) is 42.9 Å². The highest BCUT2D eigenvalue weighted by Crippen LogP contribution is 2.19. The van der Waals surface area contributed by atoms with Gasteiger partial charge in [-0.05, 0) is 38.3 Å². The topological polar surface area (TPSA) is 70.6 Å². The smallest absolute Gasteiger partial charge is 0.221 e. The number of benzene rings is 1. The van der Waals surface area contributed by atoms with Gasteiger partial charge in [-0.25, -0.2) is 4.98 Å². The number of carbonyl (C=O) groups is 1. The number of methoxy groups -OCH3 is 1. The average Bonchev–Trinajstić information content (AvgIpc) is 3.26. The first-order valence-electron chi connectivity index (χ1n) is 11.8. The molecule has 1 fully saturated rings. The Kier molecular flexibility index (Phi) is 10.4. The van der Waals surface area contributed by atoms with E-state index in [2.05, 4.69) is 38.5 Å². The molecule has 0 radical (unpaired) electrons. The molecule has 1 atom stereocenters. The van der Waals surface area contributed by atoms with Gasteiger partial charge in [-0.1, -0.05) is 36.8 Å². The third-order valence-corrected chi connectivity index (χ3v) is 6.81. The van der Waals surface area contributed by atoms with Crippen LogP contribution >= 0.6 is 11.5 Å². The number of rotatable bonds is 13. The summed E-state index contributed by atoms with van der Waals surface area (Å²) in [6.45, 7) is 7.19. The number of hydrogen-bond acceptors (Lipinski definition) is 7. The van der Waals surface area contributed by atoms with E-state index in [0.29, 0.717) is 38.6 Å². The molecule has 7 nitrogen and oxygen atoms in total. The molecule has 1 aromatic heterocycles. The largest absolute Gasteiger partial charge is 0.383 e. The number of carbonyl (C=O) groups excluding carboxylic acids is 1. The molecule has 1 aliphatic heterocycles. The van der Waals surface area contributed by atoms with Crippen LogP contribution in [0.3, 0.4) is 0 Å². The van der Waals surface area contributed by atoms with E-state index in [0.717, 1.165) is 30.5 Å². The van der Waals surface area contributed by atoms with Crippen molar-refractivity contribution in [3.8, 4) is 0 Å². The average molecular weight is 460 g/mol. The van der Waals surface area contributed by atoms with Gasteiger partial charge in [0, 0.05) is 63.7 Å². The van der Waals surface area contributed by atoms with Crippen molar-refractivity contribution in [1.82, 2.24) is 19.6 Å². The van der Waals surface area contributed by atoms with Crippen LogP contribution in [-0.2, 0) is 16.0 Å². The van der Waals surface area contributed by atoms with Gasteiger partial charge >= 0.3 is 0 Å². The van der Waals surface area contributed by atoms with Crippen molar-refractivity contribution in [2.45, 2.75) is 51.5 Å². The van der Waals surface area contributed by atoms with E-state index in [9.17, 15) is 4.79 Å². The highest BCUT2D eigenvalue weighted by atomic mass is 32.1. The van der Waals surface area contributed by atoms with Gasteiger partial charge in [0.2, 0.25) is 11.0 Å². The molecule has 0 spiro atoms. The Hall–Kier alpha value is -2.03. The normalized spacial score (nSPS) is 16.8. The minimum atomic E-state index is 0.0909. The van der Waals surface area contributed by atoms with Gasteiger partial charge in [0.05, 0.1) is 6.61 Å². The summed E-state index contributed by atoms with van der Waals surface area (Å²) in [6.07, 6.45) is 6.09. The second-order valence-corrected chi connectivity index (χ2v) is 9.20. The number of anilines is 1. The molecule has 1 saturated heterocycles. The molecule has 3 rings (SSSR count). The molecule has 1 unspecified atom stereocenters. The number of aromatic nitrogens is 2. The van der Waals surface area contributed by atoms with E-state index in [1.54, 1.807) is 7.11 Å². The molecule has 0 bridgehead atoms. The third kappa shape index (κ3) is 8.15. The zero-order chi connectivity index (χ0) is 22.6. The van der Waals surface area contributed by atoms with Gasteiger partial charge in [-0.2, -0.15) is 4.37 Å². The molecule has 2 heterocycles. The molecule has 1 aromatic carbocycles. The van der Waals surface area contributed by atoms with E-state index in [-0.39, 0.29) is 5.91 Å². The van der Waals surface area contributed by atoms with Crippen molar-refractivity contribution in [1.29, 1.82) is 0 Å². The summed E-state index contributed by atoms with van der Waals surface area (Å²) < 4.78 is 9.78. The summed E-state index contributed by atoms with van der Waals surface area (Å²) in [5, 5.41) is 3.93. The maximum atomic E-state index is 12.4. The van der Waals surface area contributed by atoms with Gasteiger partial charge in [0.25, 0.3) is 0 Å². The SMILES string of the molecule is COCCN(CCC(=O)NCCCN1CCCCC1C)c1nc(Cc2ccccc2)ns1. The predicted octanol–water partition coefficient (Wildman–Crippen LogP) is 3.35. The number of ether oxygens (including phenoxy) is 1. The van der Waals surface area contributed by atoms with Crippen LogP contribution in [0, 0.1) is 0 Å². The minimum Gasteiger partial charge on any atom is -0.383 e. The highest BCUT2D eigenvalue weighted by Gasteiger charge is 2.18. The lowest BCUT2D eigenvalue weighted by molar-refractivity contribution is -0.120. The standard InChI is InChI=1S/C24H37N5O2S/c1-20-9-6-7-14-28(20)15-8-13-25-23(30)12-16-29(17-18-31-2)24-26-22(27-32-24)19-21-10-4-3-5-11-21/h3-5,10-11,20H,6-9,12-19H2,1-2H3,(H,25,30). The van der Waals surface area contributed by atoms with Crippen LogP contribution < -0.4 is 10.2 Å². The monoisotopic (exact) mass is 459 g/mol. The van der Waals surface area contributed by atoms with Gasteiger partial charge < -0.3 is 19.9 Å². The molecular formula is C24H37N5O2S. The Morgan fingerprint density at radius 2 is 2.12 bits per heavy atom. The van der Waals surface area contributed by atoms with Gasteiger partial charge in [-0.15, -0.1) is 0 Å². The molecule has 1 N–H and O–H groups in total. The molecule has 2 aromatic rings. The molecule has 8 heteroatoms. The molecule has 1 amide bonds. The molecule has 0 aliphatic carbocycles. The minimum absolute atomic E-state index is 0.0909. The first-order valence-corrected chi connectivity index (χ1v) is 12.5. The van der Waals surface area contributed by atoms with Crippen LogP contribution in [0.1, 0.15) is 50.4 Å². The Morgan fingerprint density at radius 3 is 2.91 bits per heavy atom. The lowest BCUT2D eigenvalue weighted by atomic mass is 10.0. The van der Waals surface area contributed by atoms with Gasteiger partial charge in [0.1, 0.15) is 5.82 Å². The summed E-state index contributed by atoms with van der Waals surface area (Å²) in [5.74, 6) is 0.906. The summed E-state index contributed by atoms with van der Waals surface area (Å²) in [6, 6.07) is 10.9. The van der Waals surface area contributed by atoms with E-state index >= 15 is 0 Å². The zero-order valence-corrected chi connectivity index (χ0v) is 20.3. The number of piperidine rings is 1. The maximum absolute atomic E-state index is 12.4. The van der Waals surface area contributed by atoms with Crippen molar-refractivity contribution >= 4 is 22.6 Å². The number of amides is 1. The van der Waals surface area contributed by atoms with Crippen LogP contribution in [-0.4, -0.2) is 72.6 Å². The van der Waals surface area contributed by atoms with Gasteiger partial charge in [-0.3, -0.25) is 4.79 Å². The molecular weight excluding hydrogens is 422 g/mol. The maximum Gasteiger partial charge on any atom is 0.221 e. The van der Waals surface area contributed by atoms with Crippen LogP contribution in [0.4, 0.5) is 5.13 Å². The summed E-state index contributed by atoms with van der Waals surface area (Å²) in [4.78, 5) is 21.8. The van der Waals surface area contributed by atoms with E-state index in [4.69, 9.17) is 9.72 Å². The zero-order valence-electron chi connectivity index (χ0n) is 19.5. The Labute approximate surface area is 196 Å². The number of nitrogens with one attached hydrogen (secondary N) is 1. The third-order valence-electron chi connectivity index (χ3n) is 5.99. The lowest BCUT2D eigenvalue weighted by Crippen LogP contribution is -2.39. The Balaban J connectivity index is 1.42. The van der Waals surface area contributed by atoms with Crippen molar-refractivity contribution in [3.63, 3.8) is 0 Å².